The second-order valence-electron chi connectivity index (χ2n) is 18.2. The first kappa shape index (κ1) is 59.1. The predicted molar refractivity (Wildman–Crippen MR) is 299 cm³/mol. The zero-order valence-electron chi connectivity index (χ0n) is 41.3. The molecule has 10 rings (SSSR count). The Morgan fingerprint density at radius 2 is 1.11 bits per heavy atom. The fourth-order valence-electron chi connectivity index (χ4n) is 8.62. The van der Waals surface area contributed by atoms with E-state index in [1.54, 1.807) is 57.7 Å². The Morgan fingerprint density at radius 1 is 0.684 bits per heavy atom. The van der Waals surface area contributed by atoms with Crippen molar-refractivity contribution in [3.05, 3.63) is 176 Å². The Bertz CT molecular complexity index is 3270. The van der Waals surface area contributed by atoms with Gasteiger partial charge in [0.2, 0.25) is 0 Å². The van der Waals surface area contributed by atoms with Crippen LogP contribution >= 0.6 is 66.8 Å². The average molecular weight is 1360 g/mol. The van der Waals surface area contributed by atoms with E-state index < -0.39 is 25.6 Å². The molecule has 0 amide bonds. The van der Waals surface area contributed by atoms with Crippen molar-refractivity contribution in [2.45, 2.75) is 86.7 Å². The van der Waals surface area contributed by atoms with Crippen LogP contribution in [0, 0.1) is 16.5 Å². The third-order valence-electron chi connectivity index (χ3n) is 12.3. The summed E-state index contributed by atoms with van der Waals surface area (Å²) in [6, 6.07) is 24.8. The number of thiazole rings is 2. The van der Waals surface area contributed by atoms with Gasteiger partial charge in [0.05, 0.1) is 60.9 Å². The predicted octanol–water partition coefficient (Wildman–Crippen LogP) is 12.5. The molecule has 0 saturated heterocycles. The molecule has 0 fully saturated rings. The number of aromatic nitrogens is 6. The molecule has 8 aromatic rings. The van der Waals surface area contributed by atoms with Gasteiger partial charge in [-0.3, -0.25) is 0 Å². The van der Waals surface area contributed by atoms with Gasteiger partial charge in [-0.05, 0) is 121 Å². The molecule has 407 valence electrons. The number of nitrogen functional groups attached to an aromatic ring is 1. The Kier molecular flexibility index (Phi) is 20.1. The first-order valence-electron chi connectivity index (χ1n) is 23.1. The van der Waals surface area contributed by atoms with Crippen LogP contribution in [0.1, 0.15) is 80.1 Å². The van der Waals surface area contributed by atoms with Gasteiger partial charge in [0.15, 0.2) is 22.8 Å². The van der Waals surface area contributed by atoms with Gasteiger partial charge in [0.25, 0.3) is 20.0 Å². The standard InChI is InChI=1S/C23H20BrFN4O2S2.C23H22FN5O2S2.C4H9NO2.2BrH.Cu/c1-15(16-5-7-18(25)8-6-16)29-14-26-11-21(29)20-4-2-3-17-13-28(10-9-19(17)20)33(30,31)22-12-27-23(24)32-22;1-15(16-5-7-18(24)8-6-16)29-14-26-11-21(29)20-4-2-3-17-13-28(10-9-19(17)20)33(30,31)22-12-27-23(25)32-22;1-4(2,3)7-5-6;;;/h2-8,11-12,14-15H,9-10,13H2,1H3;2-8,11-12,14-15H,9-10,13H2,1H3,(H2,25,27);1-3H3;2*1H;/q;;;;;+2/p-2/t2*15-;;;;/m11..../s1. The van der Waals surface area contributed by atoms with Crippen LogP contribution in [-0.4, -0.2) is 73.2 Å². The minimum atomic E-state index is -3.65. The Morgan fingerprint density at radius 3 is 1.46 bits per heavy atom. The molecule has 0 bridgehead atoms. The molecule has 0 aliphatic carbocycles. The molecular formula is C50H51Br3CuF2N10O6S4. The van der Waals surface area contributed by atoms with E-state index in [4.69, 9.17) is 5.73 Å². The molecule has 0 saturated carbocycles. The number of nitrogens with two attached hydrogens (primary N) is 1. The summed E-state index contributed by atoms with van der Waals surface area (Å²) in [5.41, 5.74) is 15.3. The summed E-state index contributed by atoms with van der Waals surface area (Å²) in [4.78, 5) is 30.3. The van der Waals surface area contributed by atoms with E-state index in [1.807, 2.05) is 55.7 Å². The fourth-order valence-corrected chi connectivity index (χ4v) is 14.5. The number of imidazole rings is 2. The maximum absolute atomic E-state index is 13.4. The number of anilines is 1. The summed E-state index contributed by atoms with van der Waals surface area (Å²) >= 11 is 12.7. The SMILES string of the molecule is CC(C)(C)ON=O.C[C@H](c1ccc(F)cc1)n1cncc1-c1cccc2c1CCN(S(=O)(=O)c1cnc(Br)s1)C2.C[C@H](c1ccc(F)cc1)n1cncc1-c1cccc2c1CCN(S(=O)(=O)c1cnc(N)s1)C2.[Br][Cu][Br]. The van der Waals surface area contributed by atoms with Gasteiger partial charge in [-0.2, -0.15) is 8.61 Å². The number of fused-ring (bicyclic) bond motifs is 2. The molecule has 0 spiro atoms. The monoisotopic (exact) mass is 1350 g/mol. The van der Waals surface area contributed by atoms with Gasteiger partial charge in [-0.1, -0.05) is 83.3 Å². The van der Waals surface area contributed by atoms with Gasteiger partial charge >= 0.3 is 39.6 Å². The molecule has 4 aromatic carbocycles. The fraction of sp³-hybridized carbons (Fsp3) is 0.280. The van der Waals surface area contributed by atoms with Gasteiger partial charge in [-0.15, -0.1) is 4.91 Å². The Balaban J connectivity index is 0.000000188. The van der Waals surface area contributed by atoms with Crippen LogP contribution in [0.3, 0.4) is 0 Å². The number of nitrogens with zero attached hydrogens (tertiary/aromatic N) is 9. The van der Waals surface area contributed by atoms with Crippen LogP contribution in [0.15, 0.2) is 140 Å². The van der Waals surface area contributed by atoms with E-state index in [1.165, 1.54) is 56.6 Å². The van der Waals surface area contributed by atoms with Gasteiger partial charge in [-0.25, -0.2) is 45.6 Å². The van der Waals surface area contributed by atoms with Crippen molar-refractivity contribution in [2.24, 2.45) is 5.34 Å². The maximum atomic E-state index is 13.4. The van der Waals surface area contributed by atoms with Crippen molar-refractivity contribution in [1.29, 1.82) is 0 Å². The second-order valence-corrected chi connectivity index (χ2v) is 30.6. The van der Waals surface area contributed by atoms with Crippen LogP contribution in [-0.2, 0) is 62.2 Å². The van der Waals surface area contributed by atoms with Crippen LogP contribution < -0.4 is 5.73 Å². The van der Waals surface area contributed by atoms with E-state index in [0.717, 1.165) is 78.6 Å². The van der Waals surface area contributed by atoms with Crippen molar-refractivity contribution < 1.29 is 41.8 Å². The van der Waals surface area contributed by atoms with Crippen molar-refractivity contribution in [1.82, 2.24) is 37.7 Å². The van der Waals surface area contributed by atoms with Gasteiger partial charge < -0.3 is 19.7 Å². The van der Waals surface area contributed by atoms with E-state index in [2.05, 4.69) is 90.3 Å². The summed E-state index contributed by atoms with van der Waals surface area (Å²) in [5.74, 6) is -0.534. The van der Waals surface area contributed by atoms with Crippen molar-refractivity contribution in [3.8, 4) is 22.5 Å². The molecule has 2 aliphatic rings. The van der Waals surface area contributed by atoms with E-state index in [9.17, 15) is 30.5 Å². The molecule has 0 unspecified atom stereocenters. The molecule has 76 heavy (non-hydrogen) atoms. The quantitative estimate of drug-likeness (QED) is 0.0733. The summed E-state index contributed by atoms with van der Waals surface area (Å²) in [6.07, 6.45) is 11.1. The first-order valence-corrected chi connectivity index (χ1v) is 33.0. The summed E-state index contributed by atoms with van der Waals surface area (Å²) in [7, 11) is -7.25. The summed E-state index contributed by atoms with van der Waals surface area (Å²) < 4.78 is 87.1. The van der Waals surface area contributed by atoms with Gasteiger partial charge in [0, 0.05) is 37.3 Å². The third kappa shape index (κ3) is 14.2. The number of halogens is 5. The van der Waals surface area contributed by atoms with Crippen LogP contribution in [0.5, 0.6) is 0 Å². The van der Waals surface area contributed by atoms with Crippen LogP contribution in [0.25, 0.3) is 22.5 Å². The Hall–Kier alpha value is -4.60. The topological polar surface area (TPSA) is 201 Å². The zero-order valence-corrected chi connectivity index (χ0v) is 50.3. The summed E-state index contributed by atoms with van der Waals surface area (Å²) in [6.45, 7) is 10.7. The van der Waals surface area contributed by atoms with E-state index in [-0.39, 0.29) is 43.8 Å². The van der Waals surface area contributed by atoms with E-state index >= 15 is 0 Å². The zero-order chi connectivity index (χ0) is 55.0. The Labute approximate surface area is 476 Å². The van der Waals surface area contributed by atoms with E-state index in [0.29, 0.717) is 36.4 Å². The number of sulfonamides is 2. The molecule has 2 N–H and O–H groups in total. The molecule has 26 heteroatoms. The molecule has 6 heterocycles. The average Bonchev–Trinajstić information content (AvgIpc) is 4.26. The number of hydrogen-bond acceptors (Lipinski definition) is 14. The molecule has 2 atom stereocenters. The second kappa shape index (κ2) is 25.9. The van der Waals surface area contributed by atoms with Crippen molar-refractivity contribution in [3.63, 3.8) is 0 Å². The number of benzene rings is 4. The first-order chi connectivity index (χ1) is 36.2. The summed E-state index contributed by atoms with van der Waals surface area (Å²) in [5, 5.41) is 2.49. The molecule has 16 nitrogen and oxygen atoms in total. The number of hydrogen-bond donors (Lipinski definition) is 1. The normalized spacial score (nSPS) is 14.6. The van der Waals surface area contributed by atoms with Gasteiger partial charge in [0.1, 0.15) is 17.2 Å². The molecular weight excluding hydrogens is 1310 g/mol. The molecule has 0 radical (unpaired) electrons. The minimum absolute atomic E-state index is 0.0378. The number of rotatable bonds is 11. The third-order valence-corrected chi connectivity index (χ3v) is 19.2. The molecule has 4 aromatic heterocycles. The van der Waals surface area contributed by atoms with Crippen molar-refractivity contribution in [2.75, 3.05) is 18.8 Å². The van der Waals surface area contributed by atoms with Crippen LogP contribution in [0.4, 0.5) is 13.9 Å². The molecule has 2 aliphatic heterocycles. The van der Waals surface area contributed by atoms with Crippen LogP contribution in [0.2, 0.25) is 0 Å². The van der Waals surface area contributed by atoms with Crippen molar-refractivity contribution >= 4 is 92.0 Å².